The van der Waals surface area contributed by atoms with Crippen LogP contribution in [0.1, 0.15) is 303 Å². The lowest BCUT2D eigenvalue weighted by molar-refractivity contribution is -0.379. The molecule has 0 aliphatic carbocycles. The Morgan fingerprint density at radius 3 is 0.989 bits per heavy atom. The minimum Gasteiger partial charge on any atom is -0.394 e. The van der Waals surface area contributed by atoms with Crippen LogP contribution in [-0.2, 0) is 33.2 Å². The van der Waals surface area contributed by atoms with Crippen LogP contribution in [0.5, 0.6) is 0 Å². The Bertz CT molecular complexity index is 1600. The van der Waals surface area contributed by atoms with Gasteiger partial charge in [0.15, 0.2) is 18.9 Å². The van der Waals surface area contributed by atoms with Crippen molar-refractivity contribution in [1.29, 1.82) is 0 Å². The van der Waals surface area contributed by atoms with E-state index in [-0.39, 0.29) is 18.9 Å². The molecule has 0 spiro atoms. The zero-order valence-corrected chi connectivity index (χ0v) is 55.2. The van der Waals surface area contributed by atoms with Gasteiger partial charge in [-0.15, -0.1) is 0 Å². The highest BCUT2D eigenvalue weighted by molar-refractivity contribution is 5.76. The van der Waals surface area contributed by atoms with Gasteiger partial charge in [0.1, 0.15) is 73.2 Å². The van der Waals surface area contributed by atoms with Gasteiger partial charge in [-0.1, -0.05) is 284 Å². The summed E-state index contributed by atoms with van der Waals surface area (Å²) in [5.41, 5.74) is 0. The Labute approximate surface area is 532 Å². The van der Waals surface area contributed by atoms with Gasteiger partial charge in [-0.05, 0) is 12.8 Å². The number of aliphatic hydroxyl groups is 11. The molecule has 0 bridgehead atoms. The van der Waals surface area contributed by atoms with Crippen molar-refractivity contribution in [3.05, 3.63) is 0 Å². The number of nitrogens with one attached hydrogen (secondary N) is 1. The summed E-state index contributed by atoms with van der Waals surface area (Å²) in [4.78, 5) is 13.4. The Morgan fingerprint density at radius 2 is 0.648 bits per heavy atom. The minimum absolute atomic E-state index is 0.235. The first kappa shape index (κ1) is 81.0. The second kappa shape index (κ2) is 52.1. The molecule has 522 valence electrons. The van der Waals surface area contributed by atoms with E-state index in [0.29, 0.717) is 12.8 Å². The highest BCUT2D eigenvalue weighted by Gasteiger charge is 2.53. The summed E-state index contributed by atoms with van der Waals surface area (Å²) in [6, 6.07) is -0.882. The van der Waals surface area contributed by atoms with Gasteiger partial charge in [0, 0.05) is 6.42 Å². The van der Waals surface area contributed by atoms with Crippen molar-refractivity contribution in [2.45, 2.75) is 407 Å². The average molecular weight is 1260 g/mol. The van der Waals surface area contributed by atoms with Crippen LogP contribution in [0, 0.1) is 0 Å². The fourth-order valence-electron chi connectivity index (χ4n) is 12.8. The Balaban J connectivity index is 1.41. The molecule has 3 rings (SSSR count). The molecule has 17 atom stereocenters. The molecule has 0 radical (unpaired) electrons. The molecule has 0 saturated carbocycles. The number of rotatable bonds is 57. The molecule has 3 heterocycles. The number of hydrogen-bond donors (Lipinski definition) is 12. The van der Waals surface area contributed by atoms with Crippen molar-refractivity contribution in [2.24, 2.45) is 0 Å². The molecule has 1 amide bonds. The van der Waals surface area contributed by atoms with E-state index in [0.717, 1.165) is 44.9 Å². The molecule has 0 aromatic heterocycles. The first-order valence-corrected chi connectivity index (χ1v) is 36.3. The van der Waals surface area contributed by atoms with E-state index in [2.05, 4.69) is 19.2 Å². The summed E-state index contributed by atoms with van der Waals surface area (Å²) in [5.74, 6) is -0.235. The molecular formula is C69H133NO18. The maximum atomic E-state index is 13.4. The molecule has 19 nitrogen and oxygen atoms in total. The summed E-state index contributed by atoms with van der Waals surface area (Å²) in [5, 5.41) is 121. The molecule has 17 unspecified atom stereocenters. The monoisotopic (exact) mass is 1260 g/mol. The third-order valence-corrected chi connectivity index (χ3v) is 18.7. The van der Waals surface area contributed by atoms with Crippen LogP contribution >= 0.6 is 0 Å². The first-order valence-electron chi connectivity index (χ1n) is 36.3. The quantitative estimate of drug-likeness (QED) is 0.0252. The van der Waals surface area contributed by atoms with E-state index in [4.69, 9.17) is 28.4 Å². The molecule has 12 N–H and O–H groups in total. The minimum atomic E-state index is -1.97. The smallest absolute Gasteiger partial charge is 0.220 e. The summed E-state index contributed by atoms with van der Waals surface area (Å²) >= 11 is 0. The van der Waals surface area contributed by atoms with Crippen molar-refractivity contribution >= 4 is 5.91 Å². The molecule has 3 aliphatic heterocycles. The third kappa shape index (κ3) is 33.8. The molecule has 3 saturated heterocycles. The molecule has 19 heteroatoms. The SMILES string of the molecule is CCCCCCCCCCCCCCCCCCCCCCCCCCC(=O)NC(COC1OC(CO)C(OC2OC(CO)C(OC3OC(CO)C(O)C(O)C3O)C(O)C2O)C(O)C1O)C(O)CCCCCCCCCCCCCCCCCCCCC. The van der Waals surface area contributed by atoms with E-state index in [1.165, 1.54) is 225 Å². The number of carbonyl (C=O) groups is 1. The van der Waals surface area contributed by atoms with Crippen molar-refractivity contribution in [1.82, 2.24) is 5.32 Å². The lowest BCUT2D eigenvalue weighted by Gasteiger charge is -2.48. The number of aliphatic hydroxyl groups excluding tert-OH is 11. The van der Waals surface area contributed by atoms with Crippen LogP contribution in [0.3, 0.4) is 0 Å². The van der Waals surface area contributed by atoms with Gasteiger partial charge >= 0.3 is 0 Å². The van der Waals surface area contributed by atoms with Crippen molar-refractivity contribution < 1.29 is 89.4 Å². The predicted molar refractivity (Wildman–Crippen MR) is 342 cm³/mol. The zero-order valence-electron chi connectivity index (χ0n) is 55.2. The van der Waals surface area contributed by atoms with Gasteiger partial charge in [-0.3, -0.25) is 4.79 Å². The van der Waals surface area contributed by atoms with Crippen LogP contribution in [0.2, 0.25) is 0 Å². The fourth-order valence-corrected chi connectivity index (χ4v) is 12.8. The summed E-state index contributed by atoms with van der Waals surface area (Å²) in [6.07, 6.45) is 28.9. The van der Waals surface area contributed by atoms with Crippen LogP contribution in [0.4, 0.5) is 0 Å². The van der Waals surface area contributed by atoms with Crippen LogP contribution in [0.25, 0.3) is 0 Å². The maximum Gasteiger partial charge on any atom is 0.220 e. The number of carbonyl (C=O) groups excluding carboxylic acids is 1. The van der Waals surface area contributed by atoms with Gasteiger partial charge in [0.2, 0.25) is 5.91 Å². The van der Waals surface area contributed by atoms with Crippen LogP contribution < -0.4 is 5.32 Å². The number of ether oxygens (including phenoxy) is 6. The molecule has 3 aliphatic rings. The molecule has 0 aromatic rings. The summed E-state index contributed by atoms with van der Waals surface area (Å²) in [6.45, 7) is 1.85. The van der Waals surface area contributed by atoms with Gasteiger partial charge in [0.05, 0.1) is 38.6 Å². The second-order valence-electron chi connectivity index (χ2n) is 26.4. The van der Waals surface area contributed by atoms with Gasteiger partial charge < -0.3 is 89.9 Å². The zero-order chi connectivity index (χ0) is 64.0. The maximum absolute atomic E-state index is 13.4. The Kier molecular flexibility index (Phi) is 48.0. The van der Waals surface area contributed by atoms with Gasteiger partial charge in [-0.2, -0.15) is 0 Å². The van der Waals surface area contributed by atoms with Crippen LogP contribution in [0.15, 0.2) is 0 Å². The van der Waals surface area contributed by atoms with E-state index >= 15 is 0 Å². The van der Waals surface area contributed by atoms with E-state index in [9.17, 15) is 61.0 Å². The largest absolute Gasteiger partial charge is 0.394 e. The highest BCUT2D eigenvalue weighted by Crippen LogP contribution is 2.33. The van der Waals surface area contributed by atoms with E-state index < -0.39 is 124 Å². The molecule has 3 fully saturated rings. The predicted octanol–water partition coefficient (Wildman–Crippen LogP) is 9.89. The lowest BCUT2D eigenvalue weighted by atomic mass is 9.96. The molecule has 88 heavy (non-hydrogen) atoms. The molecule has 0 aromatic carbocycles. The number of amides is 1. The second-order valence-corrected chi connectivity index (χ2v) is 26.4. The number of unbranched alkanes of at least 4 members (excludes halogenated alkanes) is 41. The standard InChI is InChI=1S/C69H133NO18/c1-3-5-7-9-11-13-15-17-19-21-23-24-25-26-27-29-31-33-35-37-39-41-43-45-47-57(75)70-52(53(74)46-44-42-40-38-36-34-32-30-28-22-20-18-16-14-12-10-8-6-4-2)51-83-67-63(81)60(78)65(55(49-72)85-67)88-69-64(82)61(79)66(56(50-73)86-69)87-68-62(80)59(77)58(76)54(48-71)84-68/h52-56,58-69,71-74,76-82H,3-51H2,1-2H3,(H,70,75). The summed E-state index contributed by atoms with van der Waals surface area (Å²) in [7, 11) is 0. The van der Waals surface area contributed by atoms with Gasteiger partial charge in [0.25, 0.3) is 0 Å². The Morgan fingerprint density at radius 1 is 0.364 bits per heavy atom. The Hall–Kier alpha value is -1.21. The number of hydrogen-bond acceptors (Lipinski definition) is 18. The normalized spacial score (nSPS) is 28.3. The van der Waals surface area contributed by atoms with Crippen LogP contribution in [-0.4, -0.2) is 193 Å². The third-order valence-electron chi connectivity index (χ3n) is 18.7. The van der Waals surface area contributed by atoms with E-state index in [1.54, 1.807) is 0 Å². The average Bonchev–Trinajstić information content (AvgIpc) is 3.71. The fraction of sp³-hybridized carbons (Fsp3) is 0.986. The van der Waals surface area contributed by atoms with Crippen molar-refractivity contribution in [2.75, 3.05) is 26.4 Å². The molecular weight excluding hydrogens is 1130 g/mol. The van der Waals surface area contributed by atoms with Crippen molar-refractivity contribution in [3.63, 3.8) is 0 Å². The van der Waals surface area contributed by atoms with E-state index in [1.807, 2.05) is 0 Å². The lowest BCUT2D eigenvalue weighted by Crippen LogP contribution is -2.66. The first-order chi connectivity index (χ1) is 42.8. The summed E-state index contributed by atoms with van der Waals surface area (Å²) < 4.78 is 34.5. The topological polar surface area (TPSA) is 307 Å². The van der Waals surface area contributed by atoms with Crippen molar-refractivity contribution in [3.8, 4) is 0 Å². The van der Waals surface area contributed by atoms with Gasteiger partial charge in [-0.25, -0.2) is 0 Å². The highest BCUT2D eigenvalue weighted by atomic mass is 16.8.